The summed E-state index contributed by atoms with van der Waals surface area (Å²) in [5.41, 5.74) is 3.39. The maximum atomic E-state index is 14.7. The molecule has 1 spiro atoms. The molecule has 0 radical (unpaired) electrons. The quantitative estimate of drug-likeness (QED) is 0.223. The van der Waals surface area contributed by atoms with Crippen molar-refractivity contribution >= 4 is 29.1 Å². The molecule has 6 atom stereocenters. The van der Waals surface area contributed by atoms with Crippen LogP contribution in [0.4, 0.5) is 11.4 Å². The maximum Gasteiger partial charge on any atom is 0.282 e. The van der Waals surface area contributed by atoms with Crippen molar-refractivity contribution in [2.75, 3.05) is 29.9 Å². The van der Waals surface area contributed by atoms with E-state index in [1.165, 1.54) is 63.5 Å². The Bertz CT molecular complexity index is 1580. The molecule has 5 aliphatic rings. The number of quaternary nitrogens is 1. The van der Waals surface area contributed by atoms with Gasteiger partial charge in [-0.15, -0.1) is 0 Å². The van der Waals surface area contributed by atoms with E-state index in [1.807, 2.05) is 23.1 Å². The lowest BCUT2D eigenvalue weighted by atomic mass is 9.95. The second-order valence-corrected chi connectivity index (χ2v) is 17.6. The average Bonchev–Trinajstić information content (AvgIpc) is 3.95. The number of para-hydroxylation sites is 2. The minimum absolute atomic E-state index is 0.0306. The molecule has 0 aromatic heterocycles. The molecule has 3 N–H and O–H groups in total. The lowest BCUT2D eigenvalue weighted by molar-refractivity contribution is -1.10. The predicted molar refractivity (Wildman–Crippen MR) is 223 cm³/mol. The first-order valence-corrected chi connectivity index (χ1v) is 22.5. The number of amides is 3. The van der Waals surface area contributed by atoms with E-state index < -0.39 is 12.1 Å². The van der Waals surface area contributed by atoms with Gasteiger partial charge in [-0.2, -0.15) is 9.48 Å². The normalized spacial score (nSPS) is 27.2. The van der Waals surface area contributed by atoms with Gasteiger partial charge < -0.3 is 25.8 Å². The summed E-state index contributed by atoms with van der Waals surface area (Å²) >= 11 is 0. The molecule has 0 bridgehead atoms. The van der Waals surface area contributed by atoms with Gasteiger partial charge in [-0.05, 0) is 82.9 Å². The van der Waals surface area contributed by atoms with E-state index in [-0.39, 0.29) is 48.5 Å². The molecule has 3 amide bonds. The Kier molecular flexibility index (Phi) is 13.9. The summed E-state index contributed by atoms with van der Waals surface area (Å²) in [5.74, 6) is -0.576. The van der Waals surface area contributed by atoms with Gasteiger partial charge in [-0.25, -0.2) is 0 Å². The second-order valence-electron chi connectivity index (χ2n) is 17.6. The molecule has 7 rings (SSSR count). The number of carbonyl (C=O) groups excluding carboxylic acids is 3. The van der Waals surface area contributed by atoms with E-state index in [1.54, 1.807) is 0 Å². The Morgan fingerprint density at radius 1 is 0.786 bits per heavy atom. The molecular formula is C46H69N6O4+. The fraction of sp³-hybridized carbons (Fsp3) is 0.674. The highest BCUT2D eigenvalue weighted by Gasteiger charge is 2.52. The van der Waals surface area contributed by atoms with E-state index in [4.69, 9.17) is 4.84 Å². The summed E-state index contributed by atoms with van der Waals surface area (Å²) in [6.45, 7) is 6.37. The van der Waals surface area contributed by atoms with Gasteiger partial charge >= 0.3 is 0 Å². The van der Waals surface area contributed by atoms with Gasteiger partial charge in [-0.3, -0.25) is 14.4 Å². The molecule has 306 valence electrons. The predicted octanol–water partition coefficient (Wildman–Crippen LogP) is 8.14. The highest BCUT2D eigenvalue weighted by Crippen LogP contribution is 2.40. The lowest BCUT2D eigenvalue weighted by Gasteiger charge is -2.39. The molecule has 1 saturated carbocycles. The van der Waals surface area contributed by atoms with Gasteiger partial charge in [0, 0.05) is 19.0 Å². The summed E-state index contributed by atoms with van der Waals surface area (Å²) < 4.78 is 0.328. The number of likely N-dealkylation sites (tertiary alicyclic amines) is 1. The first-order valence-electron chi connectivity index (χ1n) is 22.5. The largest absolute Gasteiger partial charge is 0.362 e. The molecule has 4 fully saturated rings. The van der Waals surface area contributed by atoms with Gasteiger partial charge in [0.25, 0.3) is 5.91 Å². The van der Waals surface area contributed by atoms with Crippen LogP contribution in [-0.4, -0.2) is 83.3 Å². The number of nitrogens with one attached hydrogen (secondary N) is 3. The van der Waals surface area contributed by atoms with Gasteiger partial charge in [0.2, 0.25) is 17.9 Å². The van der Waals surface area contributed by atoms with Crippen LogP contribution in [0.2, 0.25) is 0 Å². The minimum atomic E-state index is -1.01. The topological polar surface area (TPSA) is 103 Å². The molecule has 4 heterocycles. The number of hydroxylamine groups is 3. The van der Waals surface area contributed by atoms with Crippen molar-refractivity contribution in [3.8, 4) is 0 Å². The Hall–Kier alpha value is -3.63. The lowest BCUT2D eigenvalue weighted by Crippen LogP contribution is -2.62. The molecule has 10 heteroatoms. The zero-order valence-electron chi connectivity index (χ0n) is 34.3. The van der Waals surface area contributed by atoms with Gasteiger partial charge in [-0.1, -0.05) is 100 Å². The van der Waals surface area contributed by atoms with Gasteiger partial charge in [0.1, 0.15) is 31.4 Å². The van der Waals surface area contributed by atoms with Crippen molar-refractivity contribution in [3.63, 3.8) is 0 Å². The van der Waals surface area contributed by atoms with Crippen LogP contribution in [0, 0.1) is 0 Å². The summed E-state index contributed by atoms with van der Waals surface area (Å²) in [5, 5.41) is 10.3. The minimum Gasteiger partial charge on any atom is -0.362 e. The van der Waals surface area contributed by atoms with E-state index in [2.05, 4.69) is 71.1 Å². The van der Waals surface area contributed by atoms with E-state index in [0.717, 1.165) is 75.7 Å². The van der Waals surface area contributed by atoms with Crippen molar-refractivity contribution in [3.05, 3.63) is 60.2 Å². The number of carbonyl (C=O) groups is 3. The van der Waals surface area contributed by atoms with Gasteiger partial charge in [0.05, 0.1) is 29.9 Å². The first-order chi connectivity index (χ1) is 27.3. The van der Waals surface area contributed by atoms with Crippen molar-refractivity contribution in [2.45, 2.75) is 178 Å². The number of hydrogen-bond donors (Lipinski definition) is 3. The standard InChI is InChI=1S/C46H68N6O4/c1-34-32-42(52(56-34)30-19-10-6-7-11-20-31-52)46(55)49-39(33-43(53)50-29-21-28-40(50)36-22-13-12-14-23-36)45(54)47-35(2)44-48-38-26-17-18-27-41(38)51(44)37-24-15-8-4-3-5-9-16-25-37/h12-14,17-18,22-23,26-27,34-35,37,39-40,42,44,48H,3-11,15-16,19-21,24-25,28-33H2,1-2H3,(H-,47,49,54,55)/p+1/t34?,35-,39-,40+,42?,44?/m0/s1. The molecule has 4 aliphatic heterocycles. The summed E-state index contributed by atoms with van der Waals surface area (Å²) in [6, 6.07) is 17.3. The van der Waals surface area contributed by atoms with E-state index >= 15 is 0 Å². The third-order valence-electron chi connectivity index (χ3n) is 13.5. The monoisotopic (exact) mass is 770 g/mol. The first kappa shape index (κ1) is 40.6. The Labute approximate surface area is 336 Å². The van der Waals surface area contributed by atoms with Crippen molar-refractivity contribution in [1.29, 1.82) is 0 Å². The van der Waals surface area contributed by atoms with E-state index in [0.29, 0.717) is 23.7 Å². The number of hydrogen-bond acceptors (Lipinski definition) is 6. The Morgan fingerprint density at radius 2 is 1.41 bits per heavy atom. The summed E-state index contributed by atoms with van der Waals surface area (Å²) in [6.07, 6.45) is 20.0. The van der Waals surface area contributed by atoms with Crippen molar-refractivity contribution in [1.82, 2.24) is 15.5 Å². The fourth-order valence-corrected chi connectivity index (χ4v) is 10.6. The average molecular weight is 770 g/mol. The maximum absolute atomic E-state index is 14.7. The van der Waals surface area contributed by atoms with Crippen molar-refractivity contribution < 1.29 is 23.9 Å². The number of nitrogens with zero attached hydrogens (tertiary/aromatic N) is 3. The number of anilines is 2. The number of fused-ring (bicyclic) bond motifs is 1. The smallest absolute Gasteiger partial charge is 0.282 e. The molecule has 56 heavy (non-hydrogen) atoms. The van der Waals surface area contributed by atoms with Crippen molar-refractivity contribution in [2.24, 2.45) is 0 Å². The second kappa shape index (κ2) is 19.2. The summed E-state index contributed by atoms with van der Waals surface area (Å²) in [7, 11) is 0. The van der Waals surface area contributed by atoms with Crippen LogP contribution in [0.1, 0.15) is 147 Å². The Balaban J connectivity index is 1.12. The fourth-order valence-electron chi connectivity index (χ4n) is 10.6. The van der Waals surface area contributed by atoms with Crippen LogP contribution >= 0.6 is 0 Å². The zero-order chi connectivity index (χ0) is 38.9. The molecule has 10 nitrogen and oxygen atoms in total. The SMILES string of the molecule is CC1CC(C(=O)N[C@@H](CC(=O)N2CCC[C@@H]2c2ccccc2)C(=O)N[C@@H](C)C2Nc3ccccc3N2C2CCCCCCCCC2)[N+]2(CCCCCCCC2)O1. The highest BCUT2D eigenvalue weighted by molar-refractivity contribution is 5.93. The number of rotatable bonds is 9. The third-order valence-corrected chi connectivity index (χ3v) is 13.5. The van der Waals surface area contributed by atoms with Crippen LogP contribution in [-0.2, 0) is 19.2 Å². The molecule has 3 saturated heterocycles. The molecule has 2 aromatic carbocycles. The van der Waals surface area contributed by atoms with E-state index in [9.17, 15) is 14.4 Å². The summed E-state index contributed by atoms with van der Waals surface area (Å²) in [4.78, 5) is 54.7. The van der Waals surface area contributed by atoms with Crippen LogP contribution in [0.3, 0.4) is 0 Å². The highest BCUT2D eigenvalue weighted by atomic mass is 16.7. The van der Waals surface area contributed by atoms with Crippen LogP contribution in [0.5, 0.6) is 0 Å². The third kappa shape index (κ3) is 9.55. The van der Waals surface area contributed by atoms with Crippen LogP contribution in [0.15, 0.2) is 54.6 Å². The molecule has 3 unspecified atom stereocenters. The molecule has 1 aliphatic carbocycles. The van der Waals surface area contributed by atoms with Crippen LogP contribution < -0.4 is 20.9 Å². The van der Waals surface area contributed by atoms with Gasteiger partial charge in [0.15, 0.2) is 0 Å². The zero-order valence-corrected chi connectivity index (χ0v) is 34.3. The number of benzene rings is 2. The molecule has 2 aromatic rings. The van der Waals surface area contributed by atoms with Crippen LogP contribution in [0.25, 0.3) is 0 Å². The molecular weight excluding hydrogens is 701 g/mol. The Morgan fingerprint density at radius 3 is 2.11 bits per heavy atom.